The third-order valence-electron chi connectivity index (χ3n) is 2.85. The van der Waals surface area contributed by atoms with E-state index < -0.39 is 0 Å². The molecule has 0 radical (unpaired) electrons. The molecule has 0 atom stereocenters. The lowest BCUT2D eigenvalue weighted by Crippen LogP contribution is -2.01. The molecule has 2 nitrogen and oxygen atoms in total. The van der Waals surface area contributed by atoms with E-state index in [0.717, 1.165) is 22.5 Å². The second-order valence-electron chi connectivity index (χ2n) is 3.95. The molecule has 0 saturated carbocycles. The van der Waals surface area contributed by atoms with Crippen LogP contribution < -0.4 is 5.32 Å². The highest BCUT2D eigenvalue weighted by Crippen LogP contribution is 2.29. The van der Waals surface area contributed by atoms with E-state index in [4.69, 9.17) is 0 Å². The molecule has 0 spiro atoms. The number of anilines is 1. The number of ketones is 1. The van der Waals surface area contributed by atoms with Gasteiger partial charge in [-0.2, -0.15) is 0 Å². The highest BCUT2D eigenvalue weighted by Gasteiger charge is 2.21. The molecule has 1 aliphatic carbocycles. The molecule has 1 aromatic rings. The van der Waals surface area contributed by atoms with Gasteiger partial charge in [-0.05, 0) is 18.2 Å². The summed E-state index contributed by atoms with van der Waals surface area (Å²) >= 11 is 0. The van der Waals surface area contributed by atoms with Gasteiger partial charge in [0, 0.05) is 28.9 Å². The molecule has 0 amide bonds. The van der Waals surface area contributed by atoms with Crippen LogP contribution in [0.15, 0.2) is 59.8 Å². The summed E-state index contributed by atoms with van der Waals surface area (Å²) < 4.78 is 0. The number of allylic oxidation sites excluding steroid dienone is 5. The topological polar surface area (TPSA) is 29.1 Å². The minimum absolute atomic E-state index is 0.123. The average Bonchev–Trinajstić information content (AvgIpc) is 2.61. The van der Waals surface area contributed by atoms with Crippen molar-refractivity contribution in [2.24, 2.45) is 0 Å². The van der Waals surface area contributed by atoms with Gasteiger partial charge in [0.05, 0.1) is 0 Å². The van der Waals surface area contributed by atoms with E-state index in [-0.39, 0.29) is 5.78 Å². The fourth-order valence-electron chi connectivity index (χ4n) is 2.04. The van der Waals surface area contributed by atoms with Crippen LogP contribution in [-0.2, 0) is 0 Å². The van der Waals surface area contributed by atoms with Crippen molar-refractivity contribution in [3.63, 3.8) is 0 Å². The van der Waals surface area contributed by atoms with Gasteiger partial charge in [-0.15, -0.1) is 0 Å². The van der Waals surface area contributed by atoms with Crippen molar-refractivity contribution in [3.05, 3.63) is 65.4 Å². The summed E-state index contributed by atoms with van der Waals surface area (Å²) in [7, 11) is 0. The third-order valence-corrected chi connectivity index (χ3v) is 2.85. The van der Waals surface area contributed by atoms with Gasteiger partial charge in [-0.3, -0.25) is 4.79 Å². The molecule has 78 valence electrons. The van der Waals surface area contributed by atoms with E-state index in [2.05, 4.69) is 5.32 Å². The largest absolute Gasteiger partial charge is 0.358 e. The van der Waals surface area contributed by atoms with Gasteiger partial charge in [0.1, 0.15) is 0 Å². The zero-order chi connectivity index (χ0) is 11.0. The molecule has 2 bridgehead atoms. The molecule has 1 heterocycles. The Morgan fingerprint density at radius 2 is 1.88 bits per heavy atom. The van der Waals surface area contributed by atoms with Crippen LogP contribution in [0.4, 0.5) is 5.69 Å². The van der Waals surface area contributed by atoms with E-state index in [1.165, 1.54) is 0 Å². The number of nitrogens with one attached hydrogen (secondary N) is 1. The molecule has 1 N–H and O–H groups in total. The van der Waals surface area contributed by atoms with Crippen LogP contribution in [0, 0.1) is 0 Å². The van der Waals surface area contributed by atoms with Gasteiger partial charge in [-0.1, -0.05) is 30.4 Å². The second kappa shape index (κ2) is 3.49. The lowest BCUT2D eigenvalue weighted by atomic mass is 10.0. The molecule has 0 saturated heterocycles. The molecule has 2 heteroatoms. The van der Waals surface area contributed by atoms with Crippen molar-refractivity contribution in [2.75, 3.05) is 5.32 Å². The van der Waals surface area contributed by atoms with Crippen LogP contribution in [0.1, 0.15) is 16.8 Å². The quantitative estimate of drug-likeness (QED) is 0.711. The van der Waals surface area contributed by atoms with Gasteiger partial charge >= 0.3 is 0 Å². The summed E-state index contributed by atoms with van der Waals surface area (Å²) in [4.78, 5) is 12.2. The number of fused-ring (bicyclic) bond motifs is 3. The summed E-state index contributed by atoms with van der Waals surface area (Å²) in [5.74, 6) is 0.123. The molecule has 2 aliphatic rings. The smallest absolute Gasteiger partial charge is 0.191 e. The number of hydrogen-bond donors (Lipinski definition) is 1. The Labute approximate surface area is 94.0 Å². The summed E-state index contributed by atoms with van der Waals surface area (Å²) in [5.41, 5.74) is 3.57. The second-order valence-corrected chi connectivity index (χ2v) is 3.95. The fraction of sp³-hybridized carbons (Fsp3) is 0.0714. The molecule has 0 fully saturated rings. The van der Waals surface area contributed by atoms with E-state index in [9.17, 15) is 4.79 Å². The Hall–Kier alpha value is -2.09. The maximum atomic E-state index is 12.2. The van der Waals surface area contributed by atoms with Crippen LogP contribution in [0.3, 0.4) is 0 Å². The molecule has 3 rings (SSSR count). The lowest BCUT2D eigenvalue weighted by molar-refractivity contribution is 0.103. The summed E-state index contributed by atoms with van der Waals surface area (Å²) in [6, 6.07) is 7.64. The lowest BCUT2D eigenvalue weighted by Gasteiger charge is -2.07. The maximum Gasteiger partial charge on any atom is 0.191 e. The van der Waals surface area contributed by atoms with Gasteiger partial charge in [0.2, 0.25) is 0 Å². The number of carbonyl (C=O) groups excluding carboxylic acids is 1. The van der Waals surface area contributed by atoms with E-state index in [1.807, 2.05) is 48.6 Å². The van der Waals surface area contributed by atoms with Gasteiger partial charge < -0.3 is 5.32 Å². The summed E-state index contributed by atoms with van der Waals surface area (Å²) in [6.07, 6.45) is 8.46. The fourth-order valence-corrected chi connectivity index (χ4v) is 2.04. The molecule has 1 aliphatic heterocycles. The first-order valence-electron chi connectivity index (χ1n) is 5.32. The minimum Gasteiger partial charge on any atom is -0.358 e. The third kappa shape index (κ3) is 1.39. The Bertz CT molecular complexity index is 550. The zero-order valence-corrected chi connectivity index (χ0v) is 8.73. The molecule has 0 unspecified atom stereocenters. The first-order chi connectivity index (χ1) is 7.84. The van der Waals surface area contributed by atoms with Gasteiger partial charge in [0.25, 0.3) is 0 Å². The predicted octanol–water partition coefficient (Wildman–Crippen LogP) is 3.07. The highest BCUT2D eigenvalue weighted by atomic mass is 16.1. The Morgan fingerprint density at radius 3 is 2.81 bits per heavy atom. The van der Waals surface area contributed by atoms with Crippen molar-refractivity contribution < 1.29 is 4.79 Å². The zero-order valence-electron chi connectivity index (χ0n) is 8.73. The number of carbonyl (C=O) groups is 1. The average molecular weight is 209 g/mol. The SMILES string of the molecule is O=C1C2=CC=CC=C(C2)Nc2ccccc21. The normalized spacial score (nSPS) is 17.6. The van der Waals surface area contributed by atoms with Crippen LogP contribution in [-0.4, -0.2) is 5.78 Å². The molecule has 1 aromatic carbocycles. The molecule has 16 heavy (non-hydrogen) atoms. The molecular weight excluding hydrogens is 198 g/mol. The van der Waals surface area contributed by atoms with Crippen molar-refractivity contribution in [1.82, 2.24) is 0 Å². The number of Topliss-reactive ketones (excluding diaryl/α,β-unsaturated/α-hetero) is 1. The van der Waals surface area contributed by atoms with Crippen molar-refractivity contribution >= 4 is 11.5 Å². The van der Waals surface area contributed by atoms with Gasteiger partial charge in [-0.25, -0.2) is 0 Å². The molecular formula is C14H11NO. The number of hydrogen-bond acceptors (Lipinski definition) is 2. The van der Waals surface area contributed by atoms with Crippen LogP contribution >= 0.6 is 0 Å². The number of rotatable bonds is 0. The van der Waals surface area contributed by atoms with Gasteiger partial charge in [0.15, 0.2) is 5.78 Å². The monoisotopic (exact) mass is 209 g/mol. The van der Waals surface area contributed by atoms with E-state index in [1.54, 1.807) is 0 Å². The number of benzene rings is 1. The van der Waals surface area contributed by atoms with Crippen molar-refractivity contribution in [1.29, 1.82) is 0 Å². The van der Waals surface area contributed by atoms with E-state index >= 15 is 0 Å². The minimum atomic E-state index is 0.123. The Kier molecular flexibility index (Phi) is 2.00. The maximum absolute atomic E-state index is 12.2. The summed E-state index contributed by atoms with van der Waals surface area (Å²) in [6.45, 7) is 0. The Morgan fingerprint density at radius 1 is 1.06 bits per heavy atom. The first-order valence-corrected chi connectivity index (χ1v) is 5.32. The van der Waals surface area contributed by atoms with E-state index in [0.29, 0.717) is 6.42 Å². The van der Waals surface area contributed by atoms with Crippen molar-refractivity contribution in [3.8, 4) is 0 Å². The molecule has 0 aromatic heterocycles. The van der Waals surface area contributed by atoms with Crippen LogP contribution in [0.25, 0.3) is 0 Å². The summed E-state index contributed by atoms with van der Waals surface area (Å²) in [5, 5.41) is 3.31. The van der Waals surface area contributed by atoms with Crippen molar-refractivity contribution in [2.45, 2.75) is 6.42 Å². The van der Waals surface area contributed by atoms with Crippen LogP contribution in [0.2, 0.25) is 0 Å². The highest BCUT2D eigenvalue weighted by molar-refractivity contribution is 6.13. The predicted molar refractivity (Wildman–Crippen MR) is 64.3 cm³/mol. The van der Waals surface area contributed by atoms with Crippen LogP contribution in [0.5, 0.6) is 0 Å². The standard InChI is InChI=1S/C14H11NO/c16-14-10-5-1-2-6-11(9-10)15-13-8-4-3-7-12(13)14/h1-8,15H,9H2. The Balaban J connectivity index is 2.22. The first kappa shape index (κ1) is 9.16. The number of para-hydroxylation sites is 1.